The van der Waals surface area contributed by atoms with Crippen LogP contribution in [0.15, 0.2) is 41.0 Å². The highest BCUT2D eigenvalue weighted by molar-refractivity contribution is 6.32. The summed E-state index contributed by atoms with van der Waals surface area (Å²) in [6.07, 6.45) is 2.74. The van der Waals surface area contributed by atoms with Gasteiger partial charge in [0.25, 0.3) is 0 Å². The number of nitrogens with one attached hydrogen (secondary N) is 1. The quantitative estimate of drug-likeness (QED) is 0.867. The average Bonchev–Trinajstić information content (AvgIpc) is 2.95. The lowest BCUT2D eigenvalue weighted by Crippen LogP contribution is -2.22. The van der Waals surface area contributed by atoms with E-state index in [2.05, 4.69) is 12.2 Å². The van der Waals surface area contributed by atoms with Gasteiger partial charge >= 0.3 is 0 Å². The lowest BCUT2D eigenvalue weighted by Gasteiger charge is -2.18. The Kier molecular flexibility index (Phi) is 4.88. The van der Waals surface area contributed by atoms with Crippen LogP contribution in [-0.2, 0) is 0 Å². The molecule has 0 amide bonds. The highest BCUT2D eigenvalue weighted by Crippen LogP contribution is 2.30. The summed E-state index contributed by atoms with van der Waals surface area (Å²) in [5, 5.41) is 4.08. The van der Waals surface area contributed by atoms with Crippen molar-refractivity contribution in [3.8, 4) is 5.75 Å². The highest BCUT2D eigenvalue weighted by atomic mass is 35.5. The molecule has 2 rings (SSSR count). The van der Waals surface area contributed by atoms with Gasteiger partial charge in [-0.1, -0.05) is 24.6 Å². The molecule has 19 heavy (non-hydrogen) atoms. The SMILES string of the molecule is CCCNC(c1ccc(Cl)c(OC)c1)c1ccco1. The van der Waals surface area contributed by atoms with Crippen molar-refractivity contribution in [2.45, 2.75) is 19.4 Å². The molecular weight excluding hydrogens is 262 g/mol. The fraction of sp³-hybridized carbons (Fsp3) is 0.333. The molecule has 0 bridgehead atoms. The summed E-state index contributed by atoms with van der Waals surface area (Å²) in [6.45, 7) is 3.05. The molecule has 1 N–H and O–H groups in total. The van der Waals surface area contributed by atoms with Crippen LogP contribution >= 0.6 is 11.6 Å². The van der Waals surface area contributed by atoms with Crippen molar-refractivity contribution in [2.24, 2.45) is 0 Å². The maximum Gasteiger partial charge on any atom is 0.137 e. The number of benzene rings is 1. The molecule has 0 fully saturated rings. The first kappa shape index (κ1) is 14.0. The molecule has 3 nitrogen and oxygen atoms in total. The van der Waals surface area contributed by atoms with Crippen molar-refractivity contribution in [2.75, 3.05) is 13.7 Å². The minimum atomic E-state index is 0.0149. The molecule has 0 aliphatic heterocycles. The van der Waals surface area contributed by atoms with E-state index in [1.54, 1.807) is 13.4 Å². The Bertz CT molecular complexity index is 511. The zero-order chi connectivity index (χ0) is 13.7. The smallest absolute Gasteiger partial charge is 0.137 e. The predicted octanol–water partition coefficient (Wildman–Crippen LogP) is 4.03. The number of methoxy groups -OCH3 is 1. The van der Waals surface area contributed by atoms with Crippen molar-refractivity contribution in [3.63, 3.8) is 0 Å². The summed E-state index contributed by atoms with van der Waals surface area (Å²) in [4.78, 5) is 0. The van der Waals surface area contributed by atoms with Gasteiger partial charge in [0, 0.05) is 0 Å². The molecule has 4 heteroatoms. The van der Waals surface area contributed by atoms with Gasteiger partial charge in [-0.3, -0.25) is 0 Å². The second-order valence-corrected chi connectivity index (χ2v) is 4.70. The van der Waals surface area contributed by atoms with Crippen molar-refractivity contribution in [1.29, 1.82) is 0 Å². The minimum absolute atomic E-state index is 0.0149. The van der Waals surface area contributed by atoms with Crippen LogP contribution in [0.5, 0.6) is 5.75 Å². The summed E-state index contributed by atoms with van der Waals surface area (Å²) in [5.74, 6) is 1.56. The standard InChI is InChI=1S/C15H18ClNO2/c1-3-8-17-15(13-5-4-9-19-13)11-6-7-12(16)14(10-11)18-2/h4-7,9-10,15,17H,3,8H2,1-2H3. The van der Waals surface area contributed by atoms with Crippen LogP contribution in [0, 0.1) is 0 Å². The fourth-order valence-corrected chi connectivity index (χ4v) is 2.18. The molecule has 2 aromatic rings. The van der Waals surface area contributed by atoms with E-state index >= 15 is 0 Å². The molecule has 0 saturated carbocycles. The van der Waals surface area contributed by atoms with Crippen molar-refractivity contribution >= 4 is 11.6 Å². The number of ether oxygens (including phenoxy) is 1. The molecule has 1 atom stereocenters. The van der Waals surface area contributed by atoms with Gasteiger partial charge in [-0.2, -0.15) is 0 Å². The molecular formula is C15H18ClNO2. The second-order valence-electron chi connectivity index (χ2n) is 4.30. The summed E-state index contributed by atoms with van der Waals surface area (Å²) < 4.78 is 10.8. The number of rotatable bonds is 6. The lowest BCUT2D eigenvalue weighted by atomic mass is 10.0. The first-order chi connectivity index (χ1) is 9.26. The summed E-state index contributed by atoms with van der Waals surface area (Å²) in [7, 11) is 1.62. The Labute approximate surface area is 118 Å². The zero-order valence-corrected chi connectivity index (χ0v) is 11.9. The third-order valence-corrected chi connectivity index (χ3v) is 3.25. The Morgan fingerprint density at radius 1 is 1.37 bits per heavy atom. The van der Waals surface area contributed by atoms with Gasteiger partial charge in [-0.25, -0.2) is 0 Å². The van der Waals surface area contributed by atoms with Gasteiger partial charge in [0.2, 0.25) is 0 Å². The molecule has 0 aliphatic carbocycles. The van der Waals surface area contributed by atoms with Crippen LogP contribution in [0.3, 0.4) is 0 Å². The normalized spacial score (nSPS) is 12.4. The monoisotopic (exact) mass is 279 g/mol. The molecule has 1 unspecified atom stereocenters. The largest absolute Gasteiger partial charge is 0.495 e. The highest BCUT2D eigenvalue weighted by Gasteiger charge is 2.17. The van der Waals surface area contributed by atoms with Crippen LogP contribution in [0.25, 0.3) is 0 Å². The second kappa shape index (κ2) is 6.64. The Morgan fingerprint density at radius 2 is 2.21 bits per heavy atom. The summed E-state index contributed by atoms with van der Waals surface area (Å²) in [5.41, 5.74) is 1.07. The predicted molar refractivity (Wildman–Crippen MR) is 76.8 cm³/mol. The first-order valence-electron chi connectivity index (χ1n) is 6.36. The maximum absolute atomic E-state index is 6.06. The van der Waals surface area contributed by atoms with Crippen LogP contribution in [-0.4, -0.2) is 13.7 Å². The molecule has 1 heterocycles. The number of hydrogen-bond acceptors (Lipinski definition) is 3. The van der Waals surface area contributed by atoms with E-state index in [1.807, 2.05) is 30.3 Å². The molecule has 0 spiro atoms. The van der Waals surface area contributed by atoms with E-state index < -0.39 is 0 Å². The molecule has 0 saturated heterocycles. The molecule has 0 radical (unpaired) electrons. The Balaban J connectivity index is 2.32. The number of halogens is 1. The Morgan fingerprint density at radius 3 is 2.84 bits per heavy atom. The first-order valence-corrected chi connectivity index (χ1v) is 6.74. The minimum Gasteiger partial charge on any atom is -0.495 e. The van der Waals surface area contributed by atoms with Gasteiger partial charge in [-0.15, -0.1) is 0 Å². The lowest BCUT2D eigenvalue weighted by molar-refractivity contribution is 0.411. The van der Waals surface area contributed by atoms with E-state index in [9.17, 15) is 0 Å². The van der Waals surface area contributed by atoms with E-state index in [4.69, 9.17) is 20.8 Å². The number of furan rings is 1. The maximum atomic E-state index is 6.06. The van der Waals surface area contributed by atoms with Crippen molar-refractivity contribution < 1.29 is 9.15 Å². The van der Waals surface area contributed by atoms with Gasteiger partial charge < -0.3 is 14.5 Å². The van der Waals surface area contributed by atoms with E-state index in [0.29, 0.717) is 10.8 Å². The molecule has 1 aromatic heterocycles. The van der Waals surface area contributed by atoms with Crippen LogP contribution in [0.4, 0.5) is 0 Å². The van der Waals surface area contributed by atoms with Gasteiger partial charge in [0.05, 0.1) is 24.4 Å². The van der Waals surface area contributed by atoms with Gasteiger partial charge in [0.15, 0.2) is 0 Å². The van der Waals surface area contributed by atoms with E-state index in [-0.39, 0.29) is 6.04 Å². The topological polar surface area (TPSA) is 34.4 Å². The summed E-state index contributed by atoms with van der Waals surface area (Å²) >= 11 is 6.06. The third kappa shape index (κ3) is 3.31. The molecule has 0 aliphatic rings. The van der Waals surface area contributed by atoms with Gasteiger partial charge in [0.1, 0.15) is 11.5 Å². The van der Waals surface area contributed by atoms with Crippen molar-refractivity contribution in [3.05, 3.63) is 52.9 Å². The third-order valence-electron chi connectivity index (χ3n) is 2.93. The van der Waals surface area contributed by atoms with Crippen molar-refractivity contribution in [1.82, 2.24) is 5.32 Å². The zero-order valence-electron chi connectivity index (χ0n) is 11.2. The van der Waals surface area contributed by atoms with Crippen LogP contribution < -0.4 is 10.1 Å². The molecule has 1 aromatic carbocycles. The average molecular weight is 280 g/mol. The number of hydrogen-bond donors (Lipinski definition) is 1. The summed E-state index contributed by atoms with van der Waals surface area (Å²) in [6, 6.07) is 9.65. The fourth-order valence-electron chi connectivity index (χ4n) is 1.98. The van der Waals surface area contributed by atoms with Crippen LogP contribution in [0.2, 0.25) is 5.02 Å². The van der Waals surface area contributed by atoms with Crippen LogP contribution in [0.1, 0.15) is 30.7 Å². The Hall–Kier alpha value is -1.45. The van der Waals surface area contributed by atoms with E-state index in [1.165, 1.54) is 0 Å². The van der Waals surface area contributed by atoms with Gasteiger partial charge in [-0.05, 0) is 42.8 Å². The molecule has 102 valence electrons. The van der Waals surface area contributed by atoms with E-state index in [0.717, 1.165) is 24.3 Å².